The van der Waals surface area contributed by atoms with Crippen molar-refractivity contribution in [2.45, 2.75) is 32.0 Å². The average molecular weight is 655 g/mol. The van der Waals surface area contributed by atoms with E-state index in [0.29, 0.717) is 69.8 Å². The summed E-state index contributed by atoms with van der Waals surface area (Å²) < 4.78 is 17.7. The number of rotatable bonds is 11. The molecule has 2 aromatic carbocycles. The third-order valence-electron chi connectivity index (χ3n) is 8.10. The minimum Gasteiger partial charge on any atom is -0.486 e. The van der Waals surface area contributed by atoms with Gasteiger partial charge in [0.15, 0.2) is 0 Å². The Labute approximate surface area is 277 Å². The number of likely N-dealkylation sites (tertiary alicyclic amines) is 1. The summed E-state index contributed by atoms with van der Waals surface area (Å²) in [5.41, 5.74) is 4.16. The molecule has 0 bridgehead atoms. The van der Waals surface area contributed by atoms with E-state index in [9.17, 15) is 15.2 Å². The summed E-state index contributed by atoms with van der Waals surface area (Å²) in [6.45, 7) is 3.65. The molecule has 47 heavy (non-hydrogen) atoms. The Morgan fingerprint density at radius 1 is 1.15 bits per heavy atom. The van der Waals surface area contributed by atoms with Gasteiger partial charge in [-0.25, -0.2) is 0 Å². The van der Waals surface area contributed by atoms with Crippen LogP contribution in [0.3, 0.4) is 0 Å². The van der Waals surface area contributed by atoms with Gasteiger partial charge < -0.3 is 34.9 Å². The van der Waals surface area contributed by atoms with Gasteiger partial charge in [-0.2, -0.15) is 5.26 Å². The normalized spacial score (nSPS) is 16.4. The number of nitriles is 1. The number of anilines is 3. The molecule has 2 aliphatic rings. The number of aliphatic hydroxyl groups excluding tert-OH is 1. The number of piperidine rings is 1. The predicted octanol–water partition coefficient (Wildman–Crippen LogP) is 5.60. The lowest BCUT2D eigenvalue weighted by atomic mass is 10.0. The number of hydrogen-bond donors (Lipinski definition) is 3. The first kappa shape index (κ1) is 32.2. The second-order valence-electron chi connectivity index (χ2n) is 11.3. The van der Waals surface area contributed by atoms with Crippen molar-refractivity contribution < 1.29 is 24.1 Å². The fourth-order valence-corrected chi connectivity index (χ4v) is 5.88. The summed E-state index contributed by atoms with van der Waals surface area (Å²) in [6.07, 6.45) is 6.89. The number of nitrogens with zero attached hydrogens (tertiary/aromatic N) is 4. The van der Waals surface area contributed by atoms with E-state index in [0.717, 1.165) is 43.6 Å². The second kappa shape index (κ2) is 15.2. The molecule has 12 heteroatoms. The number of pyridine rings is 2. The van der Waals surface area contributed by atoms with E-state index in [4.69, 9.17) is 25.8 Å². The molecule has 2 aliphatic heterocycles. The SMILES string of the molecule is N#Cc1cnc2c(NC(=O)C=C3CCN(CCO)CC3)c(OC3CCOC3)ccc2c1Nc1ccc(OCc2ccccn2)c(Cl)c1. The first-order chi connectivity index (χ1) is 23.0. The number of carbonyl (C=O) groups excluding carboxylic acids is 1. The van der Waals surface area contributed by atoms with Crippen molar-refractivity contribution in [1.29, 1.82) is 5.26 Å². The molecule has 3 N–H and O–H groups in total. The van der Waals surface area contributed by atoms with Crippen molar-refractivity contribution in [3.63, 3.8) is 0 Å². The van der Waals surface area contributed by atoms with Crippen LogP contribution in [0.1, 0.15) is 30.5 Å². The lowest BCUT2D eigenvalue weighted by Gasteiger charge is -2.27. The van der Waals surface area contributed by atoms with Crippen LogP contribution in [0.5, 0.6) is 11.5 Å². The van der Waals surface area contributed by atoms with Gasteiger partial charge in [0, 0.05) is 55.6 Å². The van der Waals surface area contributed by atoms with Crippen LogP contribution in [0.4, 0.5) is 17.1 Å². The molecule has 4 heterocycles. The summed E-state index contributed by atoms with van der Waals surface area (Å²) in [6, 6.07) is 16.7. The van der Waals surface area contributed by atoms with Crippen LogP contribution >= 0.6 is 11.6 Å². The van der Waals surface area contributed by atoms with E-state index in [-0.39, 0.29) is 25.2 Å². The molecular weight excluding hydrogens is 620 g/mol. The molecule has 4 aromatic rings. The van der Waals surface area contributed by atoms with E-state index < -0.39 is 0 Å². The van der Waals surface area contributed by atoms with Crippen LogP contribution < -0.4 is 20.1 Å². The van der Waals surface area contributed by atoms with Crippen molar-refractivity contribution in [2.75, 3.05) is 50.1 Å². The highest BCUT2D eigenvalue weighted by molar-refractivity contribution is 6.32. The van der Waals surface area contributed by atoms with Crippen molar-refractivity contribution in [1.82, 2.24) is 14.9 Å². The lowest BCUT2D eigenvalue weighted by molar-refractivity contribution is -0.112. The molecule has 0 spiro atoms. The summed E-state index contributed by atoms with van der Waals surface area (Å²) in [5, 5.41) is 26.6. The molecule has 2 fully saturated rings. The van der Waals surface area contributed by atoms with Gasteiger partial charge in [-0.1, -0.05) is 23.2 Å². The van der Waals surface area contributed by atoms with Crippen molar-refractivity contribution >= 4 is 45.5 Å². The van der Waals surface area contributed by atoms with Gasteiger partial charge >= 0.3 is 0 Å². The van der Waals surface area contributed by atoms with Gasteiger partial charge in [0.25, 0.3) is 0 Å². The smallest absolute Gasteiger partial charge is 0.248 e. The zero-order chi connectivity index (χ0) is 32.6. The molecule has 6 rings (SSSR count). The largest absolute Gasteiger partial charge is 0.486 e. The molecule has 1 unspecified atom stereocenters. The van der Waals surface area contributed by atoms with E-state index in [2.05, 4.69) is 31.6 Å². The van der Waals surface area contributed by atoms with Gasteiger partial charge in [-0.3, -0.25) is 14.8 Å². The van der Waals surface area contributed by atoms with Crippen molar-refractivity contribution in [2.24, 2.45) is 0 Å². The van der Waals surface area contributed by atoms with Crippen LogP contribution in [0.25, 0.3) is 10.9 Å². The van der Waals surface area contributed by atoms with Gasteiger partial charge in [0.05, 0.1) is 47.3 Å². The topological polar surface area (TPSA) is 142 Å². The maximum Gasteiger partial charge on any atom is 0.248 e. The van der Waals surface area contributed by atoms with E-state index in [1.54, 1.807) is 30.5 Å². The number of aromatic nitrogens is 2. The quantitative estimate of drug-likeness (QED) is 0.175. The fraction of sp³-hybridized carbons (Fsp3) is 0.314. The highest BCUT2D eigenvalue weighted by atomic mass is 35.5. The standard InChI is InChI=1S/C35H35ClN6O5/c36-29-18-25(4-6-30(29)46-21-26-3-1-2-11-38-26)40-33-24(19-37)20-39-34-28(33)5-7-31(47-27-10-16-45-22-27)35(34)41-32(44)17-23-8-12-42(13-9-23)14-15-43/h1-7,11,17-18,20,27,43H,8-10,12-16,21-22H2,(H,39,40)(H,41,44). The molecule has 1 amide bonds. The molecule has 2 saturated heterocycles. The second-order valence-corrected chi connectivity index (χ2v) is 11.7. The highest BCUT2D eigenvalue weighted by Crippen LogP contribution is 2.39. The maximum atomic E-state index is 13.4. The van der Waals surface area contributed by atoms with Crippen LogP contribution in [-0.2, 0) is 16.1 Å². The van der Waals surface area contributed by atoms with E-state index >= 15 is 0 Å². The molecule has 0 radical (unpaired) electrons. The van der Waals surface area contributed by atoms with Crippen molar-refractivity contribution in [3.05, 3.63) is 88.9 Å². The van der Waals surface area contributed by atoms with Crippen LogP contribution in [0.15, 0.2) is 72.6 Å². The molecule has 11 nitrogen and oxygen atoms in total. The predicted molar refractivity (Wildman–Crippen MR) is 179 cm³/mol. The average Bonchev–Trinajstić information content (AvgIpc) is 3.60. The van der Waals surface area contributed by atoms with Crippen LogP contribution in [-0.4, -0.2) is 71.4 Å². The minimum absolute atomic E-state index is 0.117. The number of amides is 1. The third-order valence-corrected chi connectivity index (χ3v) is 8.40. The Morgan fingerprint density at radius 2 is 2.00 bits per heavy atom. The van der Waals surface area contributed by atoms with Gasteiger partial charge in [0.2, 0.25) is 5.91 Å². The Bertz CT molecular complexity index is 1800. The number of β-amino-alcohol motifs (C(OH)–C–C–N with tert-alkyl or cyclic N) is 1. The number of fused-ring (bicyclic) bond motifs is 1. The number of aliphatic hydroxyl groups is 1. The van der Waals surface area contributed by atoms with Gasteiger partial charge in [-0.15, -0.1) is 0 Å². The van der Waals surface area contributed by atoms with Crippen molar-refractivity contribution in [3.8, 4) is 17.6 Å². The minimum atomic E-state index is -0.288. The Morgan fingerprint density at radius 3 is 2.72 bits per heavy atom. The summed E-state index contributed by atoms with van der Waals surface area (Å²) >= 11 is 6.59. The van der Waals surface area contributed by atoms with Gasteiger partial charge in [0.1, 0.15) is 36.0 Å². The molecule has 2 aromatic heterocycles. The number of carbonyl (C=O) groups is 1. The monoisotopic (exact) mass is 654 g/mol. The Kier molecular flexibility index (Phi) is 10.4. The highest BCUT2D eigenvalue weighted by Gasteiger charge is 2.23. The first-order valence-electron chi connectivity index (χ1n) is 15.5. The maximum absolute atomic E-state index is 13.4. The molecule has 0 saturated carbocycles. The molecule has 1 atom stereocenters. The number of ether oxygens (including phenoxy) is 3. The molecular formula is C35H35ClN6O5. The number of hydrogen-bond acceptors (Lipinski definition) is 10. The molecule has 242 valence electrons. The zero-order valence-electron chi connectivity index (χ0n) is 25.7. The fourth-order valence-electron chi connectivity index (χ4n) is 5.64. The Hall–Kier alpha value is -4.73. The number of nitrogens with one attached hydrogen (secondary N) is 2. The summed E-state index contributed by atoms with van der Waals surface area (Å²) in [7, 11) is 0. The Balaban J connectivity index is 1.29. The third kappa shape index (κ3) is 7.99. The lowest BCUT2D eigenvalue weighted by Crippen LogP contribution is -2.33. The van der Waals surface area contributed by atoms with E-state index in [1.807, 2.05) is 30.3 Å². The first-order valence-corrected chi connectivity index (χ1v) is 15.9. The number of halogens is 1. The van der Waals surface area contributed by atoms with E-state index in [1.165, 1.54) is 6.20 Å². The number of benzene rings is 2. The zero-order valence-corrected chi connectivity index (χ0v) is 26.5. The van der Waals surface area contributed by atoms with Crippen LogP contribution in [0.2, 0.25) is 5.02 Å². The summed E-state index contributed by atoms with van der Waals surface area (Å²) in [5.74, 6) is 0.682. The van der Waals surface area contributed by atoms with Crippen LogP contribution in [0, 0.1) is 11.3 Å². The summed E-state index contributed by atoms with van der Waals surface area (Å²) in [4.78, 5) is 24.4. The van der Waals surface area contributed by atoms with Gasteiger partial charge in [-0.05, 0) is 55.3 Å². The molecule has 0 aliphatic carbocycles.